The SMILES string of the molecule is CC1(C)COC(=O)N1c1ccccc1. The van der Waals surface area contributed by atoms with Crippen LogP contribution in [-0.2, 0) is 4.74 Å². The highest BCUT2D eigenvalue weighted by Crippen LogP contribution is 2.29. The van der Waals surface area contributed by atoms with Crippen LogP contribution in [0.15, 0.2) is 30.3 Å². The van der Waals surface area contributed by atoms with Crippen LogP contribution in [0.4, 0.5) is 10.5 Å². The van der Waals surface area contributed by atoms with E-state index in [9.17, 15) is 4.79 Å². The molecule has 1 aliphatic rings. The summed E-state index contributed by atoms with van der Waals surface area (Å²) in [6, 6.07) is 9.58. The first kappa shape index (κ1) is 9.06. The van der Waals surface area contributed by atoms with Crippen LogP contribution in [0.1, 0.15) is 13.8 Å². The predicted molar refractivity (Wildman–Crippen MR) is 54.3 cm³/mol. The normalized spacial score (nSPS) is 19.6. The number of carbonyl (C=O) groups is 1. The average Bonchev–Trinajstić information content (AvgIpc) is 2.42. The van der Waals surface area contributed by atoms with Crippen LogP contribution in [-0.4, -0.2) is 18.2 Å². The summed E-state index contributed by atoms with van der Waals surface area (Å²) in [5.41, 5.74) is 0.637. The van der Waals surface area contributed by atoms with Crippen LogP contribution in [0.2, 0.25) is 0 Å². The van der Waals surface area contributed by atoms with Crippen molar-refractivity contribution < 1.29 is 9.53 Å². The molecule has 0 bridgehead atoms. The zero-order valence-electron chi connectivity index (χ0n) is 8.36. The fraction of sp³-hybridized carbons (Fsp3) is 0.364. The van der Waals surface area contributed by atoms with Gasteiger partial charge in [0.05, 0.1) is 5.54 Å². The summed E-state index contributed by atoms with van der Waals surface area (Å²) in [7, 11) is 0. The number of hydrogen-bond donors (Lipinski definition) is 0. The topological polar surface area (TPSA) is 29.5 Å². The largest absolute Gasteiger partial charge is 0.447 e. The van der Waals surface area contributed by atoms with Gasteiger partial charge in [-0.2, -0.15) is 0 Å². The summed E-state index contributed by atoms with van der Waals surface area (Å²) >= 11 is 0. The van der Waals surface area contributed by atoms with Crippen LogP contribution < -0.4 is 4.90 Å². The van der Waals surface area contributed by atoms with Gasteiger partial charge in [0.15, 0.2) is 0 Å². The summed E-state index contributed by atoms with van der Waals surface area (Å²) in [6.07, 6.45) is -0.263. The Labute approximate surface area is 83.3 Å². The summed E-state index contributed by atoms with van der Waals surface area (Å²) in [5.74, 6) is 0. The Morgan fingerprint density at radius 1 is 1.29 bits per heavy atom. The number of anilines is 1. The number of benzene rings is 1. The van der Waals surface area contributed by atoms with E-state index >= 15 is 0 Å². The van der Waals surface area contributed by atoms with Crippen LogP contribution in [0, 0.1) is 0 Å². The molecule has 1 aromatic rings. The van der Waals surface area contributed by atoms with Crippen molar-refractivity contribution in [2.24, 2.45) is 0 Å². The molecule has 74 valence electrons. The van der Waals surface area contributed by atoms with Gasteiger partial charge >= 0.3 is 6.09 Å². The summed E-state index contributed by atoms with van der Waals surface area (Å²) < 4.78 is 5.02. The maximum atomic E-state index is 11.5. The van der Waals surface area contributed by atoms with Crippen molar-refractivity contribution in [3.05, 3.63) is 30.3 Å². The molecule has 0 spiro atoms. The van der Waals surface area contributed by atoms with Gasteiger partial charge < -0.3 is 4.74 Å². The number of ether oxygens (including phenoxy) is 1. The van der Waals surface area contributed by atoms with Crippen molar-refractivity contribution in [3.8, 4) is 0 Å². The van der Waals surface area contributed by atoms with E-state index in [1.807, 2.05) is 44.2 Å². The lowest BCUT2D eigenvalue weighted by Crippen LogP contribution is -2.41. The summed E-state index contributed by atoms with van der Waals surface area (Å²) in [5, 5.41) is 0. The van der Waals surface area contributed by atoms with E-state index < -0.39 is 0 Å². The molecule has 2 rings (SSSR count). The summed E-state index contributed by atoms with van der Waals surface area (Å²) in [4.78, 5) is 13.2. The van der Waals surface area contributed by atoms with Crippen molar-refractivity contribution in [2.45, 2.75) is 19.4 Å². The number of cyclic esters (lactones) is 1. The first-order valence-corrected chi connectivity index (χ1v) is 4.63. The number of para-hydroxylation sites is 1. The highest BCUT2D eigenvalue weighted by molar-refractivity contribution is 5.91. The highest BCUT2D eigenvalue weighted by atomic mass is 16.6. The lowest BCUT2D eigenvalue weighted by atomic mass is 10.1. The molecule has 3 heteroatoms. The minimum atomic E-state index is -0.263. The molecule has 1 fully saturated rings. The van der Waals surface area contributed by atoms with Crippen LogP contribution in [0.25, 0.3) is 0 Å². The predicted octanol–water partition coefficient (Wildman–Crippen LogP) is 2.42. The summed E-state index contributed by atoms with van der Waals surface area (Å²) in [6.45, 7) is 4.43. The average molecular weight is 191 g/mol. The molecule has 0 atom stereocenters. The fourth-order valence-electron chi connectivity index (χ4n) is 1.65. The molecule has 1 saturated heterocycles. The number of nitrogens with zero attached hydrogens (tertiary/aromatic N) is 1. The Morgan fingerprint density at radius 3 is 2.43 bits per heavy atom. The molecule has 1 amide bonds. The molecule has 0 unspecified atom stereocenters. The zero-order valence-corrected chi connectivity index (χ0v) is 8.36. The zero-order chi connectivity index (χ0) is 10.2. The van der Waals surface area contributed by atoms with E-state index in [2.05, 4.69) is 0 Å². The van der Waals surface area contributed by atoms with Gasteiger partial charge in [0.2, 0.25) is 0 Å². The third-order valence-corrected chi connectivity index (χ3v) is 2.35. The molecule has 0 saturated carbocycles. The Balaban J connectivity index is 2.38. The Bertz CT molecular complexity index is 346. The van der Waals surface area contributed by atoms with Gasteiger partial charge in [-0.15, -0.1) is 0 Å². The number of carbonyl (C=O) groups excluding carboxylic acids is 1. The Hall–Kier alpha value is -1.51. The number of rotatable bonds is 1. The maximum Gasteiger partial charge on any atom is 0.414 e. The molecular formula is C11H13NO2. The second-order valence-electron chi connectivity index (χ2n) is 4.04. The van der Waals surface area contributed by atoms with E-state index in [-0.39, 0.29) is 11.6 Å². The maximum absolute atomic E-state index is 11.5. The standard InChI is InChI=1S/C11H13NO2/c1-11(2)8-14-10(13)12(11)9-6-4-3-5-7-9/h3-7H,8H2,1-2H3. The van der Waals surface area contributed by atoms with E-state index in [4.69, 9.17) is 4.74 Å². The molecule has 3 nitrogen and oxygen atoms in total. The van der Waals surface area contributed by atoms with Gasteiger partial charge in [0.25, 0.3) is 0 Å². The van der Waals surface area contributed by atoms with Crippen molar-refractivity contribution in [1.82, 2.24) is 0 Å². The second kappa shape index (κ2) is 3.01. The minimum absolute atomic E-state index is 0.252. The fourth-order valence-corrected chi connectivity index (χ4v) is 1.65. The molecule has 14 heavy (non-hydrogen) atoms. The molecule has 0 radical (unpaired) electrons. The molecule has 1 aliphatic heterocycles. The monoisotopic (exact) mass is 191 g/mol. The van der Waals surface area contributed by atoms with Crippen molar-refractivity contribution in [3.63, 3.8) is 0 Å². The first-order valence-electron chi connectivity index (χ1n) is 4.63. The van der Waals surface area contributed by atoms with Crippen LogP contribution in [0.5, 0.6) is 0 Å². The van der Waals surface area contributed by atoms with E-state index in [1.165, 1.54) is 0 Å². The van der Waals surface area contributed by atoms with E-state index in [1.54, 1.807) is 4.90 Å². The lowest BCUT2D eigenvalue weighted by Gasteiger charge is -2.27. The van der Waals surface area contributed by atoms with Gasteiger partial charge in [0.1, 0.15) is 6.61 Å². The Morgan fingerprint density at radius 2 is 1.93 bits per heavy atom. The van der Waals surface area contributed by atoms with Gasteiger partial charge in [-0.1, -0.05) is 18.2 Å². The number of hydrogen-bond acceptors (Lipinski definition) is 2. The van der Waals surface area contributed by atoms with Crippen molar-refractivity contribution >= 4 is 11.8 Å². The van der Waals surface area contributed by atoms with Gasteiger partial charge in [0, 0.05) is 5.69 Å². The molecule has 1 aromatic carbocycles. The van der Waals surface area contributed by atoms with Crippen LogP contribution in [0.3, 0.4) is 0 Å². The third kappa shape index (κ3) is 1.35. The van der Waals surface area contributed by atoms with E-state index in [0.29, 0.717) is 6.61 Å². The van der Waals surface area contributed by atoms with Crippen LogP contribution >= 0.6 is 0 Å². The second-order valence-corrected chi connectivity index (χ2v) is 4.04. The Kier molecular flexibility index (Phi) is 1.95. The minimum Gasteiger partial charge on any atom is -0.447 e. The highest BCUT2D eigenvalue weighted by Gasteiger charge is 2.40. The molecular weight excluding hydrogens is 178 g/mol. The quantitative estimate of drug-likeness (QED) is 0.682. The first-order chi connectivity index (χ1) is 6.61. The molecule has 0 aliphatic carbocycles. The third-order valence-electron chi connectivity index (χ3n) is 2.35. The van der Waals surface area contributed by atoms with Gasteiger partial charge in [-0.25, -0.2) is 4.79 Å². The van der Waals surface area contributed by atoms with Gasteiger partial charge in [-0.3, -0.25) is 4.90 Å². The lowest BCUT2D eigenvalue weighted by molar-refractivity contribution is 0.175. The van der Waals surface area contributed by atoms with E-state index in [0.717, 1.165) is 5.69 Å². The smallest absolute Gasteiger partial charge is 0.414 e. The molecule has 0 aromatic heterocycles. The van der Waals surface area contributed by atoms with Crippen molar-refractivity contribution in [1.29, 1.82) is 0 Å². The van der Waals surface area contributed by atoms with Crippen molar-refractivity contribution in [2.75, 3.05) is 11.5 Å². The number of amides is 1. The molecule has 1 heterocycles. The van der Waals surface area contributed by atoms with Gasteiger partial charge in [-0.05, 0) is 26.0 Å². The molecule has 0 N–H and O–H groups in total.